The first kappa shape index (κ1) is 29.0. The van der Waals surface area contributed by atoms with Gasteiger partial charge in [0.05, 0.1) is 11.4 Å². The van der Waals surface area contributed by atoms with Gasteiger partial charge in [0.15, 0.2) is 6.29 Å². The molecule has 0 heterocycles. The number of nitrogens with one attached hydrogen (secondary N) is 2. The van der Waals surface area contributed by atoms with Gasteiger partial charge in [-0.1, -0.05) is 58.9 Å². The highest BCUT2D eigenvalue weighted by Crippen LogP contribution is 2.28. The Balaban J connectivity index is 0.000000362. The lowest BCUT2D eigenvalue weighted by Gasteiger charge is -2.23. The van der Waals surface area contributed by atoms with Crippen molar-refractivity contribution >= 4 is 23.2 Å². The molecule has 188 valence electrons. The second-order valence-electron chi connectivity index (χ2n) is 8.64. The Kier molecular flexibility index (Phi) is 12.1. The van der Waals surface area contributed by atoms with Crippen LogP contribution in [0.1, 0.15) is 61.3 Å². The third kappa shape index (κ3) is 9.43. The molecule has 0 aromatic heterocycles. The number of aromatic hydroxyl groups is 1. The van der Waals surface area contributed by atoms with Crippen molar-refractivity contribution in [1.29, 1.82) is 0 Å². The van der Waals surface area contributed by atoms with Gasteiger partial charge < -0.3 is 25.2 Å². The van der Waals surface area contributed by atoms with Crippen molar-refractivity contribution in [2.24, 2.45) is 11.3 Å². The number of amides is 2. The van der Waals surface area contributed by atoms with Crippen LogP contribution in [0.5, 0.6) is 11.5 Å². The summed E-state index contributed by atoms with van der Waals surface area (Å²) >= 11 is 0. The first-order valence-electron chi connectivity index (χ1n) is 11.8. The zero-order chi connectivity index (χ0) is 25.7. The van der Waals surface area contributed by atoms with Crippen LogP contribution in [0.25, 0.3) is 0 Å². The molecule has 0 saturated heterocycles. The van der Waals surface area contributed by atoms with Gasteiger partial charge in [-0.25, -0.2) is 0 Å². The van der Waals surface area contributed by atoms with Crippen molar-refractivity contribution in [1.82, 2.24) is 0 Å². The van der Waals surface area contributed by atoms with E-state index in [1.165, 1.54) is 0 Å². The first-order chi connectivity index (χ1) is 16.0. The first-order valence-corrected chi connectivity index (χ1v) is 11.8. The number of carbonyl (C=O) groups is 2. The highest BCUT2D eigenvalue weighted by atomic mass is 16.7. The molecule has 0 bridgehead atoms. The molecular formula is C27H40N2O5. The van der Waals surface area contributed by atoms with E-state index in [0.717, 1.165) is 12.8 Å². The number of phenols is 1. The summed E-state index contributed by atoms with van der Waals surface area (Å²) in [4.78, 5) is 23.7. The Labute approximate surface area is 203 Å². The summed E-state index contributed by atoms with van der Waals surface area (Å²) in [6.45, 7) is 14.0. The van der Waals surface area contributed by atoms with Crippen LogP contribution in [-0.4, -0.2) is 29.8 Å². The molecule has 2 aromatic rings. The fraction of sp³-hybridized carbons (Fsp3) is 0.481. The Bertz CT molecular complexity index is 913. The lowest BCUT2D eigenvalue weighted by Crippen LogP contribution is -2.30. The average Bonchev–Trinajstić information content (AvgIpc) is 2.81. The molecule has 0 fully saturated rings. The highest BCUT2D eigenvalue weighted by molar-refractivity contribution is 5.96. The summed E-state index contributed by atoms with van der Waals surface area (Å²) in [7, 11) is 0. The summed E-state index contributed by atoms with van der Waals surface area (Å²) in [5, 5.41) is 15.0. The van der Waals surface area contributed by atoms with E-state index in [-0.39, 0.29) is 29.8 Å². The number of anilines is 2. The molecule has 0 aliphatic rings. The molecule has 2 rings (SSSR count). The standard InChI is InChI=1S/C16H25NO3.C11H15NO2/c1-6-16(4,5)15(18)17-13-10-8-9-11-14(13)20-12(3)19-7-2;1-3-8(2)11(14)12-9-6-4-5-7-10(9)13/h8-12H,6-7H2,1-5H3,(H,17,18);4-8,13H,3H2,1-2H3,(H,12,14). The minimum absolute atomic E-state index is 0.0138. The van der Waals surface area contributed by atoms with E-state index in [4.69, 9.17) is 9.47 Å². The number of benzene rings is 2. The molecule has 2 amide bonds. The van der Waals surface area contributed by atoms with Crippen LogP contribution in [0.15, 0.2) is 48.5 Å². The van der Waals surface area contributed by atoms with E-state index in [0.29, 0.717) is 23.7 Å². The van der Waals surface area contributed by atoms with Gasteiger partial charge in [-0.2, -0.15) is 0 Å². The van der Waals surface area contributed by atoms with Gasteiger partial charge >= 0.3 is 0 Å². The SMILES string of the molecule is CCC(C)C(=O)Nc1ccccc1O.CCOC(C)Oc1ccccc1NC(=O)C(C)(C)CC. The van der Waals surface area contributed by atoms with Gasteiger partial charge in [-0.15, -0.1) is 0 Å². The number of rotatable bonds is 10. The maximum Gasteiger partial charge on any atom is 0.230 e. The molecule has 2 unspecified atom stereocenters. The third-order valence-corrected chi connectivity index (χ3v) is 5.55. The molecule has 0 aliphatic heterocycles. The molecule has 34 heavy (non-hydrogen) atoms. The lowest BCUT2D eigenvalue weighted by atomic mass is 9.89. The number of hydrogen-bond acceptors (Lipinski definition) is 5. The van der Waals surface area contributed by atoms with Crippen LogP contribution in [0.3, 0.4) is 0 Å². The van der Waals surface area contributed by atoms with E-state index in [1.54, 1.807) is 24.3 Å². The number of hydrogen-bond donors (Lipinski definition) is 3. The Morgan fingerprint density at radius 3 is 2.09 bits per heavy atom. The lowest BCUT2D eigenvalue weighted by molar-refractivity contribution is -0.124. The van der Waals surface area contributed by atoms with Crippen LogP contribution in [0.2, 0.25) is 0 Å². The van der Waals surface area contributed by atoms with Gasteiger partial charge in [-0.05, 0) is 51.0 Å². The Hall–Kier alpha value is -3.06. The molecule has 0 spiro atoms. The summed E-state index contributed by atoms with van der Waals surface area (Å²) < 4.78 is 11.1. The number of phenolic OH excluding ortho intramolecular Hbond substituents is 1. The minimum atomic E-state index is -0.404. The Morgan fingerprint density at radius 2 is 1.53 bits per heavy atom. The van der Waals surface area contributed by atoms with Crippen molar-refractivity contribution in [2.45, 2.75) is 67.6 Å². The zero-order valence-electron chi connectivity index (χ0n) is 21.5. The summed E-state index contributed by atoms with van der Waals surface area (Å²) in [6.07, 6.45) is 1.22. The van der Waals surface area contributed by atoms with E-state index in [1.807, 2.05) is 72.7 Å². The minimum Gasteiger partial charge on any atom is -0.506 e. The molecule has 3 N–H and O–H groups in total. The maximum atomic E-state index is 12.2. The number of ether oxygens (including phenoxy) is 2. The summed E-state index contributed by atoms with van der Waals surface area (Å²) in [6, 6.07) is 14.1. The van der Waals surface area contributed by atoms with E-state index in [2.05, 4.69) is 10.6 Å². The van der Waals surface area contributed by atoms with Crippen LogP contribution in [0.4, 0.5) is 11.4 Å². The molecular weight excluding hydrogens is 432 g/mol. The van der Waals surface area contributed by atoms with Gasteiger partial charge in [0.2, 0.25) is 11.8 Å². The van der Waals surface area contributed by atoms with Crippen molar-refractivity contribution in [3.05, 3.63) is 48.5 Å². The molecule has 2 atom stereocenters. The van der Waals surface area contributed by atoms with Gasteiger partial charge in [0.1, 0.15) is 11.5 Å². The predicted molar refractivity (Wildman–Crippen MR) is 137 cm³/mol. The van der Waals surface area contributed by atoms with Crippen LogP contribution in [-0.2, 0) is 14.3 Å². The van der Waals surface area contributed by atoms with Crippen molar-refractivity contribution in [3.63, 3.8) is 0 Å². The molecule has 0 radical (unpaired) electrons. The Morgan fingerprint density at radius 1 is 0.941 bits per heavy atom. The van der Waals surface area contributed by atoms with Crippen LogP contribution < -0.4 is 15.4 Å². The molecule has 0 aliphatic carbocycles. The van der Waals surface area contributed by atoms with Gasteiger partial charge in [0, 0.05) is 17.9 Å². The highest BCUT2D eigenvalue weighted by Gasteiger charge is 2.26. The molecule has 7 nitrogen and oxygen atoms in total. The van der Waals surface area contributed by atoms with Crippen molar-refractivity contribution in [3.8, 4) is 11.5 Å². The molecule has 0 saturated carbocycles. The summed E-state index contributed by atoms with van der Waals surface area (Å²) in [5.74, 6) is 0.613. The quantitative estimate of drug-likeness (QED) is 0.283. The monoisotopic (exact) mass is 472 g/mol. The average molecular weight is 473 g/mol. The second kappa shape index (κ2) is 14.3. The smallest absolute Gasteiger partial charge is 0.230 e. The zero-order valence-corrected chi connectivity index (χ0v) is 21.5. The maximum absolute atomic E-state index is 12.2. The largest absolute Gasteiger partial charge is 0.506 e. The van der Waals surface area contributed by atoms with Crippen LogP contribution >= 0.6 is 0 Å². The fourth-order valence-corrected chi connectivity index (χ4v) is 2.59. The van der Waals surface area contributed by atoms with E-state index < -0.39 is 5.41 Å². The second-order valence-corrected chi connectivity index (χ2v) is 8.64. The third-order valence-electron chi connectivity index (χ3n) is 5.55. The number of carbonyl (C=O) groups excluding carboxylic acids is 2. The van der Waals surface area contributed by atoms with E-state index >= 15 is 0 Å². The summed E-state index contributed by atoms with van der Waals surface area (Å²) in [5.41, 5.74) is 0.738. The topological polar surface area (TPSA) is 96.9 Å². The van der Waals surface area contributed by atoms with Gasteiger partial charge in [-0.3, -0.25) is 9.59 Å². The molecule has 7 heteroatoms. The van der Waals surface area contributed by atoms with Crippen LogP contribution in [0, 0.1) is 11.3 Å². The predicted octanol–water partition coefficient (Wildman–Crippen LogP) is 6.20. The molecule has 2 aromatic carbocycles. The number of para-hydroxylation sites is 4. The van der Waals surface area contributed by atoms with E-state index in [9.17, 15) is 14.7 Å². The van der Waals surface area contributed by atoms with Crippen molar-refractivity contribution in [2.75, 3.05) is 17.2 Å². The normalized spacial score (nSPS) is 12.6. The van der Waals surface area contributed by atoms with Crippen molar-refractivity contribution < 1.29 is 24.2 Å². The fourth-order valence-electron chi connectivity index (χ4n) is 2.59. The van der Waals surface area contributed by atoms with Gasteiger partial charge in [0.25, 0.3) is 0 Å².